The number of cyclic esters (lactones) is 1. The zero-order valence-electron chi connectivity index (χ0n) is 30.1. The molecule has 51 heavy (non-hydrogen) atoms. The lowest BCUT2D eigenvalue weighted by atomic mass is 9.74. The first-order valence-corrected chi connectivity index (χ1v) is 18.7. The second kappa shape index (κ2) is 14.7. The van der Waals surface area contributed by atoms with Gasteiger partial charge in [-0.05, 0) is 55.9 Å². The van der Waals surface area contributed by atoms with Gasteiger partial charge in [-0.15, -0.1) is 0 Å². The van der Waals surface area contributed by atoms with Gasteiger partial charge < -0.3 is 29.3 Å². The van der Waals surface area contributed by atoms with Gasteiger partial charge in [-0.25, -0.2) is 0 Å². The van der Waals surface area contributed by atoms with Crippen molar-refractivity contribution in [2.75, 3.05) is 25.1 Å². The summed E-state index contributed by atoms with van der Waals surface area (Å²) in [6.45, 7) is 9.46. The van der Waals surface area contributed by atoms with Gasteiger partial charge in [0.1, 0.15) is 29.8 Å². The number of rotatable bonds is 6. The van der Waals surface area contributed by atoms with Crippen LogP contribution in [0.3, 0.4) is 0 Å². The summed E-state index contributed by atoms with van der Waals surface area (Å²) < 4.78 is 13.7. The SMILES string of the molecule is CC[C@H](C)[C@H](CO)N1C(=O)[C@@H]2[C@H]3C(=O)O[C@@H](c4ccccc4)[C@H](C)N(C)C(=O)CC/C=C\CN(c4c(C)cccc4C)C(=O)[C@@H]1[C@]21C=C(Br)[C@H]3O1. The first-order chi connectivity index (χ1) is 24.4. The van der Waals surface area contributed by atoms with Crippen molar-refractivity contribution in [3.8, 4) is 0 Å². The minimum Gasteiger partial charge on any atom is -0.455 e. The molecular formula is C40H48BrN3O7. The fourth-order valence-electron chi connectivity index (χ4n) is 8.45. The number of aryl methyl sites for hydroxylation is 2. The number of anilines is 1. The number of ether oxygens (including phenoxy) is 2. The Morgan fingerprint density at radius 3 is 2.31 bits per heavy atom. The second-order valence-corrected chi connectivity index (χ2v) is 15.3. The van der Waals surface area contributed by atoms with E-state index in [1.165, 1.54) is 4.90 Å². The second-order valence-electron chi connectivity index (χ2n) is 14.4. The van der Waals surface area contributed by atoms with Crippen LogP contribution in [0.5, 0.6) is 0 Å². The van der Waals surface area contributed by atoms with Crippen molar-refractivity contribution in [2.24, 2.45) is 17.8 Å². The van der Waals surface area contributed by atoms with Crippen LogP contribution in [-0.4, -0.2) is 88.6 Å². The molecule has 3 amide bonds. The third-order valence-electron chi connectivity index (χ3n) is 11.5. The average molecular weight is 763 g/mol. The van der Waals surface area contributed by atoms with Crippen molar-refractivity contribution in [1.82, 2.24) is 9.80 Å². The number of likely N-dealkylation sites (tertiary alicyclic amines) is 1. The van der Waals surface area contributed by atoms with E-state index in [9.17, 15) is 19.5 Å². The molecule has 272 valence electrons. The lowest BCUT2D eigenvalue weighted by Crippen LogP contribution is -2.60. The largest absolute Gasteiger partial charge is 0.455 e. The van der Waals surface area contributed by atoms with E-state index < -0.39 is 59.6 Å². The molecule has 11 heteroatoms. The van der Waals surface area contributed by atoms with Gasteiger partial charge in [-0.1, -0.05) is 96.9 Å². The molecule has 1 N–H and O–H groups in total. The fourth-order valence-corrected chi connectivity index (χ4v) is 9.19. The van der Waals surface area contributed by atoms with E-state index in [2.05, 4.69) is 15.9 Å². The third-order valence-corrected chi connectivity index (χ3v) is 12.2. The molecule has 0 unspecified atom stereocenters. The molecule has 2 saturated heterocycles. The number of hydrogen-bond acceptors (Lipinski definition) is 7. The fraction of sp³-hybridized carbons (Fsp3) is 0.500. The molecule has 5 bridgehead atoms. The van der Waals surface area contributed by atoms with Crippen LogP contribution in [0.4, 0.5) is 5.69 Å². The summed E-state index contributed by atoms with van der Waals surface area (Å²) in [5, 5.41) is 10.8. The summed E-state index contributed by atoms with van der Waals surface area (Å²) >= 11 is 3.65. The summed E-state index contributed by atoms with van der Waals surface area (Å²) in [6, 6.07) is 12.6. The summed E-state index contributed by atoms with van der Waals surface area (Å²) in [5.74, 6) is -3.91. The Morgan fingerprint density at radius 2 is 1.67 bits per heavy atom. The highest BCUT2D eigenvalue weighted by Crippen LogP contribution is 2.60. The van der Waals surface area contributed by atoms with Crippen LogP contribution in [0.1, 0.15) is 62.8 Å². The molecule has 4 heterocycles. The van der Waals surface area contributed by atoms with E-state index in [0.717, 1.165) is 11.1 Å². The summed E-state index contributed by atoms with van der Waals surface area (Å²) in [5.41, 5.74) is 1.66. The first kappa shape index (κ1) is 37.0. The zero-order valence-corrected chi connectivity index (χ0v) is 31.7. The molecule has 2 aromatic rings. The van der Waals surface area contributed by atoms with Crippen LogP contribution < -0.4 is 4.90 Å². The molecule has 9 atom stereocenters. The molecule has 2 fully saturated rings. The van der Waals surface area contributed by atoms with Crippen LogP contribution in [0.2, 0.25) is 0 Å². The molecule has 0 saturated carbocycles. The van der Waals surface area contributed by atoms with E-state index in [1.54, 1.807) is 22.9 Å². The van der Waals surface area contributed by atoms with Crippen LogP contribution in [-0.2, 0) is 28.7 Å². The summed E-state index contributed by atoms with van der Waals surface area (Å²) in [6.07, 6.45) is 5.17. The number of para-hydroxylation sites is 1. The number of amides is 3. The smallest absolute Gasteiger partial charge is 0.313 e. The number of carbonyl (C=O) groups excluding carboxylic acids is 4. The van der Waals surface area contributed by atoms with Crippen LogP contribution in [0.15, 0.2) is 71.2 Å². The number of fused-ring (bicyclic) bond motifs is 2. The highest BCUT2D eigenvalue weighted by Gasteiger charge is 2.75. The van der Waals surface area contributed by atoms with Crippen molar-refractivity contribution >= 4 is 45.3 Å². The van der Waals surface area contributed by atoms with Gasteiger partial charge in [0.15, 0.2) is 0 Å². The van der Waals surface area contributed by atoms with Crippen LogP contribution in [0.25, 0.3) is 0 Å². The number of esters is 1. The first-order valence-electron chi connectivity index (χ1n) is 17.9. The van der Waals surface area contributed by atoms with Gasteiger partial charge >= 0.3 is 5.97 Å². The molecule has 4 aliphatic heterocycles. The quantitative estimate of drug-likeness (QED) is 0.310. The third kappa shape index (κ3) is 6.25. The van der Waals surface area contributed by atoms with Gasteiger partial charge in [-0.3, -0.25) is 19.2 Å². The Bertz CT molecular complexity index is 1730. The number of allylic oxidation sites excluding steroid dienone is 1. The maximum absolute atomic E-state index is 15.4. The summed E-state index contributed by atoms with van der Waals surface area (Å²) in [7, 11) is 1.71. The van der Waals surface area contributed by atoms with Crippen molar-refractivity contribution in [2.45, 2.75) is 89.8 Å². The highest BCUT2D eigenvalue weighted by atomic mass is 79.9. The van der Waals surface area contributed by atoms with E-state index in [0.29, 0.717) is 28.6 Å². The number of benzene rings is 2. The number of aliphatic hydroxyl groups excluding tert-OH is 1. The Morgan fingerprint density at radius 1 is 0.980 bits per heavy atom. The van der Waals surface area contributed by atoms with E-state index in [1.807, 2.05) is 95.3 Å². The normalized spacial score (nSPS) is 31.8. The molecule has 0 aliphatic carbocycles. The van der Waals surface area contributed by atoms with Crippen LogP contribution in [0, 0.1) is 31.6 Å². The monoisotopic (exact) mass is 761 g/mol. The lowest BCUT2D eigenvalue weighted by molar-refractivity contribution is -0.164. The number of aliphatic hydroxyl groups is 1. The maximum atomic E-state index is 15.4. The van der Waals surface area contributed by atoms with Gasteiger partial charge in [0, 0.05) is 30.2 Å². The van der Waals surface area contributed by atoms with Crippen molar-refractivity contribution in [3.63, 3.8) is 0 Å². The van der Waals surface area contributed by atoms with Gasteiger partial charge in [0.2, 0.25) is 11.8 Å². The minimum atomic E-state index is -1.50. The number of carbonyl (C=O) groups is 4. The molecule has 2 aromatic carbocycles. The molecular weight excluding hydrogens is 714 g/mol. The Hall–Kier alpha value is -3.80. The number of halogens is 1. The van der Waals surface area contributed by atoms with Gasteiger partial charge in [-0.2, -0.15) is 0 Å². The lowest BCUT2D eigenvalue weighted by Gasteiger charge is -2.40. The minimum absolute atomic E-state index is 0.117. The maximum Gasteiger partial charge on any atom is 0.313 e. The van der Waals surface area contributed by atoms with E-state index in [4.69, 9.17) is 9.47 Å². The van der Waals surface area contributed by atoms with E-state index in [-0.39, 0.29) is 37.3 Å². The molecule has 1 spiro atoms. The van der Waals surface area contributed by atoms with Crippen LogP contribution >= 0.6 is 15.9 Å². The predicted molar refractivity (Wildman–Crippen MR) is 197 cm³/mol. The van der Waals surface area contributed by atoms with Gasteiger partial charge in [0.05, 0.1) is 24.6 Å². The van der Waals surface area contributed by atoms with Gasteiger partial charge in [0.25, 0.3) is 5.91 Å². The average Bonchev–Trinajstić information content (AvgIpc) is 3.71. The van der Waals surface area contributed by atoms with Crippen molar-refractivity contribution in [3.05, 3.63) is 87.9 Å². The Labute approximate surface area is 308 Å². The number of likely N-dealkylation sites (N-methyl/N-ethyl adjacent to an activating group) is 1. The number of hydrogen-bond donors (Lipinski definition) is 1. The predicted octanol–water partition coefficient (Wildman–Crippen LogP) is 5.40. The summed E-state index contributed by atoms with van der Waals surface area (Å²) in [4.78, 5) is 63.2. The Balaban J connectivity index is 1.54. The zero-order chi connectivity index (χ0) is 36.8. The molecule has 10 nitrogen and oxygen atoms in total. The Kier molecular flexibility index (Phi) is 10.6. The molecule has 6 rings (SSSR count). The van der Waals surface area contributed by atoms with E-state index >= 15 is 4.79 Å². The molecule has 0 radical (unpaired) electrons. The molecule has 0 aromatic heterocycles. The standard InChI is InChI=1S/C40H48BrN3O7/c1-7-23(2)29(22-45)44-36-38(48)43(33-24(3)15-14-16-25(33)4)20-13-9-12-19-30(46)42(6)26(5)34(27-17-10-8-11-18-27)50-39(49)31-32(37(44)47)40(36)21-28(41)35(31)51-40/h8-11,13-18,21,23,26,29,31-32,34-36,45H,7,12,19-20,22H2,1-6H3/b13-9-/t23-,26-,29-,31+,32-,34+,35+,36+,40-/m0/s1. The van der Waals surface area contributed by atoms with Crippen molar-refractivity contribution < 1.29 is 33.8 Å². The number of nitrogens with zero attached hydrogens (tertiary/aromatic N) is 3. The molecule has 4 aliphatic rings. The highest BCUT2D eigenvalue weighted by molar-refractivity contribution is 9.11. The topological polar surface area (TPSA) is 117 Å². The van der Waals surface area contributed by atoms with Crippen molar-refractivity contribution in [1.29, 1.82) is 0 Å².